The predicted molar refractivity (Wildman–Crippen MR) is 45.6 cm³/mol. The summed E-state index contributed by atoms with van der Waals surface area (Å²) in [4.78, 5) is 0. The molecule has 0 fully saturated rings. The summed E-state index contributed by atoms with van der Waals surface area (Å²) in [6.45, 7) is 1.59. The maximum Gasteiger partial charge on any atom is 0.115 e. The molecule has 1 aromatic carbocycles. The topological polar surface area (TPSA) is 0 Å². The molecule has 0 nitrogen and oxygen atoms in total. The molecule has 0 aliphatic rings. The SMILES string of the molecule is CCc1cc(Cl)ccc1CF. The fourth-order valence-corrected chi connectivity index (χ4v) is 1.25. The first-order chi connectivity index (χ1) is 5.27. The zero-order valence-electron chi connectivity index (χ0n) is 6.40. The lowest BCUT2D eigenvalue weighted by molar-refractivity contribution is 0.482. The lowest BCUT2D eigenvalue weighted by Gasteiger charge is -2.02. The highest BCUT2D eigenvalue weighted by Gasteiger charge is 1.99. The summed E-state index contributed by atoms with van der Waals surface area (Å²) in [6.07, 6.45) is 0.833. The lowest BCUT2D eigenvalue weighted by Crippen LogP contribution is -1.88. The van der Waals surface area contributed by atoms with Crippen molar-refractivity contribution in [3.63, 3.8) is 0 Å². The van der Waals surface area contributed by atoms with Crippen LogP contribution in [0.4, 0.5) is 4.39 Å². The van der Waals surface area contributed by atoms with Gasteiger partial charge in [-0.05, 0) is 29.7 Å². The quantitative estimate of drug-likeness (QED) is 0.642. The Morgan fingerprint density at radius 1 is 1.36 bits per heavy atom. The summed E-state index contributed by atoms with van der Waals surface area (Å²) in [5, 5.41) is 0.680. The van der Waals surface area contributed by atoms with Gasteiger partial charge < -0.3 is 0 Å². The van der Waals surface area contributed by atoms with Gasteiger partial charge in [0.05, 0.1) is 0 Å². The van der Waals surface area contributed by atoms with Crippen LogP contribution in [-0.2, 0) is 13.1 Å². The molecule has 0 saturated heterocycles. The van der Waals surface area contributed by atoms with E-state index < -0.39 is 6.67 Å². The standard InChI is InChI=1S/C9H10ClF/c1-2-7-5-9(10)4-3-8(7)6-11/h3-5H,2,6H2,1H3. The molecule has 0 amide bonds. The fraction of sp³-hybridized carbons (Fsp3) is 0.333. The second kappa shape index (κ2) is 3.72. The van der Waals surface area contributed by atoms with Gasteiger partial charge in [0.2, 0.25) is 0 Å². The van der Waals surface area contributed by atoms with Crippen molar-refractivity contribution >= 4 is 11.6 Å². The molecule has 0 radical (unpaired) electrons. The molecule has 0 aliphatic carbocycles. The fourth-order valence-electron chi connectivity index (χ4n) is 1.05. The molecular weight excluding hydrogens is 163 g/mol. The van der Waals surface area contributed by atoms with Gasteiger partial charge in [0, 0.05) is 5.02 Å². The Hall–Kier alpha value is -0.560. The Labute approximate surface area is 71.0 Å². The third-order valence-corrected chi connectivity index (χ3v) is 1.93. The van der Waals surface area contributed by atoms with Crippen molar-refractivity contribution in [3.8, 4) is 0 Å². The second-order valence-electron chi connectivity index (χ2n) is 2.40. The number of hydrogen-bond acceptors (Lipinski definition) is 0. The van der Waals surface area contributed by atoms with E-state index in [0.717, 1.165) is 17.5 Å². The van der Waals surface area contributed by atoms with E-state index in [2.05, 4.69) is 0 Å². The smallest absolute Gasteiger partial charge is 0.115 e. The molecule has 60 valence electrons. The van der Waals surface area contributed by atoms with Crippen molar-refractivity contribution in [2.24, 2.45) is 0 Å². The first-order valence-electron chi connectivity index (χ1n) is 3.61. The molecule has 2 heteroatoms. The monoisotopic (exact) mass is 172 g/mol. The number of aryl methyl sites for hydroxylation is 1. The Morgan fingerprint density at radius 3 is 2.64 bits per heavy atom. The first-order valence-corrected chi connectivity index (χ1v) is 3.99. The molecule has 0 aliphatic heterocycles. The minimum absolute atomic E-state index is 0.402. The molecule has 1 aromatic rings. The van der Waals surface area contributed by atoms with E-state index in [4.69, 9.17) is 11.6 Å². The molecule has 0 unspecified atom stereocenters. The molecule has 0 N–H and O–H groups in total. The summed E-state index contributed by atoms with van der Waals surface area (Å²) < 4.78 is 12.3. The van der Waals surface area contributed by atoms with E-state index in [9.17, 15) is 4.39 Å². The Morgan fingerprint density at radius 2 is 2.09 bits per heavy atom. The zero-order chi connectivity index (χ0) is 8.27. The first kappa shape index (κ1) is 8.54. The highest BCUT2D eigenvalue weighted by molar-refractivity contribution is 6.30. The van der Waals surface area contributed by atoms with Gasteiger partial charge in [-0.3, -0.25) is 0 Å². The Bertz CT molecular complexity index is 245. The highest BCUT2D eigenvalue weighted by Crippen LogP contribution is 2.17. The van der Waals surface area contributed by atoms with Crippen LogP contribution < -0.4 is 0 Å². The maximum absolute atomic E-state index is 12.3. The molecule has 1 rings (SSSR count). The summed E-state index contributed by atoms with van der Waals surface area (Å²) in [5.74, 6) is 0. The summed E-state index contributed by atoms with van der Waals surface area (Å²) >= 11 is 5.73. The van der Waals surface area contributed by atoms with Crippen molar-refractivity contribution < 1.29 is 4.39 Å². The Kier molecular flexibility index (Phi) is 2.89. The van der Waals surface area contributed by atoms with Crippen LogP contribution in [0.2, 0.25) is 5.02 Å². The molecule has 0 atom stereocenters. The maximum atomic E-state index is 12.3. The third-order valence-electron chi connectivity index (χ3n) is 1.69. The van der Waals surface area contributed by atoms with E-state index in [-0.39, 0.29) is 0 Å². The summed E-state index contributed by atoms with van der Waals surface area (Å²) in [6, 6.07) is 5.27. The van der Waals surface area contributed by atoms with Crippen LogP contribution in [0, 0.1) is 0 Å². The summed E-state index contributed by atoms with van der Waals surface area (Å²) in [7, 11) is 0. The number of rotatable bonds is 2. The molecular formula is C9H10ClF. The van der Waals surface area contributed by atoms with Gasteiger partial charge in [-0.15, -0.1) is 0 Å². The van der Waals surface area contributed by atoms with Crippen LogP contribution in [0.3, 0.4) is 0 Å². The molecule has 0 spiro atoms. The number of halogens is 2. The molecule has 0 aromatic heterocycles. The van der Waals surface area contributed by atoms with Crippen LogP contribution in [0.5, 0.6) is 0 Å². The largest absolute Gasteiger partial charge is 0.246 e. The molecule has 0 bridgehead atoms. The van der Waals surface area contributed by atoms with Gasteiger partial charge in [0.25, 0.3) is 0 Å². The lowest BCUT2D eigenvalue weighted by atomic mass is 10.1. The second-order valence-corrected chi connectivity index (χ2v) is 2.84. The van der Waals surface area contributed by atoms with Gasteiger partial charge in [-0.25, -0.2) is 4.39 Å². The van der Waals surface area contributed by atoms with Gasteiger partial charge in [-0.1, -0.05) is 24.6 Å². The zero-order valence-corrected chi connectivity index (χ0v) is 7.16. The third kappa shape index (κ3) is 1.93. The van der Waals surface area contributed by atoms with E-state index in [0.29, 0.717) is 5.02 Å². The number of alkyl halides is 1. The highest BCUT2D eigenvalue weighted by atomic mass is 35.5. The van der Waals surface area contributed by atoms with E-state index in [1.165, 1.54) is 0 Å². The normalized spacial score (nSPS) is 10.1. The van der Waals surface area contributed by atoms with Crippen LogP contribution >= 0.6 is 11.6 Å². The van der Waals surface area contributed by atoms with Crippen molar-refractivity contribution in [3.05, 3.63) is 34.3 Å². The minimum Gasteiger partial charge on any atom is -0.246 e. The van der Waals surface area contributed by atoms with Gasteiger partial charge >= 0.3 is 0 Å². The van der Waals surface area contributed by atoms with Crippen molar-refractivity contribution in [2.75, 3.05) is 0 Å². The van der Waals surface area contributed by atoms with Crippen LogP contribution in [0.25, 0.3) is 0 Å². The Balaban J connectivity index is 3.06. The van der Waals surface area contributed by atoms with Crippen molar-refractivity contribution in [1.82, 2.24) is 0 Å². The van der Waals surface area contributed by atoms with Crippen LogP contribution in [-0.4, -0.2) is 0 Å². The average Bonchev–Trinajstić information content (AvgIpc) is 2.04. The van der Waals surface area contributed by atoms with Crippen molar-refractivity contribution in [2.45, 2.75) is 20.0 Å². The molecule has 0 saturated carbocycles. The van der Waals surface area contributed by atoms with Crippen LogP contribution in [0.15, 0.2) is 18.2 Å². The van der Waals surface area contributed by atoms with Crippen LogP contribution in [0.1, 0.15) is 18.1 Å². The predicted octanol–water partition coefficient (Wildman–Crippen LogP) is 3.37. The van der Waals surface area contributed by atoms with E-state index in [1.807, 2.05) is 13.0 Å². The molecule has 0 heterocycles. The number of hydrogen-bond donors (Lipinski definition) is 0. The summed E-state index contributed by atoms with van der Waals surface area (Å²) in [5.41, 5.74) is 1.75. The number of benzene rings is 1. The average molecular weight is 173 g/mol. The van der Waals surface area contributed by atoms with E-state index in [1.54, 1.807) is 12.1 Å². The van der Waals surface area contributed by atoms with Gasteiger partial charge in [-0.2, -0.15) is 0 Å². The minimum atomic E-state index is -0.402. The van der Waals surface area contributed by atoms with Gasteiger partial charge in [0.1, 0.15) is 6.67 Å². The van der Waals surface area contributed by atoms with Crippen molar-refractivity contribution in [1.29, 1.82) is 0 Å². The van der Waals surface area contributed by atoms with E-state index >= 15 is 0 Å². The van der Waals surface area contributed by atoms with Gasteiger partial charge in [0.15, 0.2) is 0 Å². The molecule has 11 heavy (non-hydrogen) atoms.